The fraction of sp³-hybridized carbons (Fsp3) is 0.348. The molecular formula is C23H25N3O2. The van der Waals surface area contributed by atoms with E-state index in [1.54, 1.807) is 0 Å². The molecule has 0 radical (unpaired) electrons. The molecule has 3 unspecified atom stereocenters. The number of hydrogen-bond acceptors (Lipinski definition) is 5. The molecule has 0 amide bonds. The van der Waals surface area contributed by atoms with Gasteiger partial charge in [0, 0.05) is 16.8 Å². The predicted octanol–water partition coefficient (Wildman–Crippen LogP) is 3.42. The van der Waals surface area contributed by atoms with E-state index in [-0.39, 0.29) is 12.1 Å². The van der Waals surface area contributed by atoms with Gasteiger partial charge >= 0.3 is 0 Å². The van der Waals surface area contributed by atoms with Gasteiger partial charge in [0.25, 0.3) is 0 Å². The molecule has 2 aliphatic heterocycles. The number of aliphatic hydroxyl groups excluding tert-OH is 1. The van der Waals surface area contributed by atoms with Crippen LogP contribution in [-0.4, -0.2) is 29.4 Å². The van der Waals surface area contributed by atoms with E-state index in [0.29, 0.717) is 0 Å². The fourth-order valence-electron chi connectivity index (χ4n) is 3.95. The van der Waals surface area contributed by atoms with E-state index in [2.05, 4.69) is 28.8 Å². The lowest BCUT2D eigenvalue weighted by Crippen LogP contribution is -2.53. The standard InChI is InChI=1S/C23H25N3O2/c1-23(2)22(27)21(25-13-12-15-6-4-3-5-7-15)20-17-9-8-16(14-24)26-18(17)10-11-19(20)28-23/h3-11,16,21-22,25-27H,12-13H2,1-2H3. The second-order valence-electron chi connectivity index (χ2n) is 7.87. The van der Waals surface area contributed by atoms with E-state index in [1.165, 1.54) is 5.56 Å². The van der Waals surface area contributed by atoms with Gasteiger partial charge < -0.3 is 20.5 Å². The van der Waals surface area contributed by atoms with Crippen LogP contribution in [0.4, 0.5) is 5.69 Å². The van der Waals surface area contributed by atoms with Crippen LogP contribution in [0.1, 0.15) is 36.6 Å². The van der Waals surface area contributed by atoms with Crippen molar-refractivity contribution in [3.8, 4) is 11.8 Å². The van der Waals surface area contributed by atoms with Crippen molar-refractivity contribution < 1.29 is 9.84 Å². The highest BCUT2D eigenvalue weighted by Crippen LogP contribution is 2.45. The summed E-state index contributed by atoms with van der Waals surface area (Å²) in [6, 6.07) is 15.8. The first-order valence-electron chi connectivity index (χ1n) is 9.65. The summed E-state index contributed by atoms with van der Waals surface area (Å²) in [5, 5.41) is 27.0. The summed E-state index contributed by atoms with van der Waals surface area (Å²) in [7, 11) is 0. The van der Waals surface area contributed by atoms with Crippen molar-refractivity contribution in [1.29, 1.82) is 5.26 Å². The molecule has 0 saturated carbocycles. The van der Waals surface area contributed by atoms with Gasteiger partial charge in [0.05, 0.1) is 12.1 Å². The molecule has 144 valence electrons. The molecule has 0 aliphatic carbocycles. The number of benzene rings is 2. The van der Waals surface area contributed by atoms with Gasteiger partial charge in [-0.3, -0.25) is 0 Å². The van der Waals surface area contributed by atoms with Crippen molar-refractivity contribution in [2.75, 3.05) is 11.9 Å². The summed E-state index contributed by atoms with van der Waals surface area (Å²) in [5.74, 6) is 0.771. The molecule has 0 fully saturated rings. The van der Waals surface area contributed by atoms with Gasteiger partial charge in [-0.1, -0.05) is 36.4 Å². The minimum absolute atomic E-state index is 0.262. The molecule has 4 rings (SSSR count). The molecule has 2 heterocycles. The molecule has 0 aromatic heterocycles. The van der Waals surface area contributed by atoms with E-state index in [1.807, 2.05) is 56.3 Å². The van der Waals surface area contributed by atoms with Gasteiger partial charge in [0.15, 0.2) is 0 Å². The summed E-state index contributed by atoms with van der Waals surface area (Å²) in [5.41, 5.74) is 3.35. The third-order valence-corrected chi connectivity index (χ3v) is 5.49. The number of hydrogen-bond donors (Lipinski definition) is 3. The zero-order chi connectivity index (χ0) is 19.7. The van der Waals surface area contributed by atoms with Crippen molar-refractivity contribution in [3.63, 3.8) is 0 Å². The summed E-state index contributed by atoms with van der Waals surface area (Å²) in [6.07, 6.45) is 3.97. The van der Waals surface area contributed by atoms with Crippen molar-refractivity contribution in [1.82, 2.24) is 5.32 Å². The molecule has 3 N–H and O–H groups in total. The van der Waals surface area contributed by atoms with Gasteiger partial charge in [0.1, 0.15) is 23.5 Å². The highest BCUT2D eigenvalue weighted by atomic mass is 16.5. The Morgan fingerprint density at radius 1 is 1.21 bits per heavy atom. The number of anilines is 1. The molecule has 2 aromatic carbocycles. The molecule has 0 spiro atoms. The Bertz CT molecular complexity index is 931. The average Bonchev–Trinajstić information content (AvgIpc) is 2.70. The maximum absolute atomic E-state index is 11.1. The van der Waals surface area contributed by atoms with E-state index in [4.69, 9.17) is 4.74 Å². The first kappa shape index (κ1) is 18.5. The number of aliphatic hydroxyl groups is 1. The molecule has 0 bridgehead atoms. The number of nitrogens with zero attached hydrogens (tertiary/aromatic N) is 1. The second-order valence-corrected chi connectivity index (χ2v) is 7.87. The Morgan fingerprint density at radius 2 is 2.00 bits per heavy atom. The largest absolute Gasteiger partial charge is 0.485 e. The molecule has 2 aliphatic rings. The lowest BCUT2D eigenvalue weighted by Gasteiger charge is -2.43. The van der Waals surface area contributed by atoms with E-state index < -0.39 is 11.7 Å². The number of rotatable bonds is 4. The summed E-state index contributed by atoms with van der Waals surface area (Å²) >= 11 is 0. The molecular weight excluding hydrogens is 350 g/mol. The van der Waals surface area contributed by atoms with Crippen LogP contribution < -0.4 is 15.4 Å². The Hall–Kier alpha value is -2.81. The fourth-order valence-corrected chi connectivity index (χ4v) is 3.95. The number of nitrogens with one attached hydrogen (secondary N) is 2. The molecule has 5 heteroatoms. The highest BCUT2D eigenvalue weighted by Gasteiger charge is 2.44. The van der Waals surface area contributed by atoms with Gasteiger partial charge in [-0.05, 0) is 50.6 Å². The Kier molecular flexibility index (Phi) is 4.84. The molecule has 5 nitrogen and oxygen atoms in total. The van der Waals surface area contributed by atoms with Crippen LogP contribution >= 0.6 is 0 Å². The zero-order valence-electron chi connectivity index (χ0n) is 16.1. The number of ether oxygens (including phenoxy) is 1. The lowest BCUT2D eigenvalue weighted by molar-refractivity contribution is -0.0644. The van der Waals surface area contributed by atoms with Gasteiger partial charge in [0.2, 0.25) is 0 Å². The first-order valence-corrected chi connectivity index (χ1v) is 9.65. The molecule has 2 aromatic rings. The van der Waals surface area contributed by atoms with Crippen molar-refractivity contribution >= 4 is 11.8 Å². The van der Waals surface area contributed by atoms with Crippen molar-refractivity contribution in [2.24, 2.45) is 0 Å². The van der Waals surface area contributed by atoms with Crippen LogP contribution in [0.3, 0.4) is 0 Å². The number of fused-ring (bicyclic) bond motifs is 3. The van der Waals surface area contributed by atoms with Crippen LogP contribution in [0.15, 0.2) is 48.5 Å². The van der Waals surface area contributed by atoms with Gasteiger partial charge in [-0.25, -0.2) is 0 Å². The van der Waals surface area contributed by atoms with Gasteiger partial charge in [-0.15, -0.1) is 0 Å². The maximum Gasteiger partial charge on any atom is 0.133 e. The van der Waals surface area contributed by atoms with E-state index >= 15 is 0 Å². The zero-order valence-corrected chi connectivity index (χ0v) is 16.1. The summed E-state index contributed by atoms with van der Waals surface area (Å²) in [6.45, 7) is 4.56. The SMILES string of the molecule is CC1(C)Oc2ccc3c(c2C(NCCc2ccccc2)C1O)C=CC(C#N)N3. The van der Waals surface area contributed by atoms with Crippen molar-refractivity contribution in [3.05, 3.63) is 65.2 Å². The average molecular weight is 375 g/mol. The third kappa shape index (κ3) is 3.37. The predicted molar refractivity (Wildman–Crippen MR) is 110 cm³/mol. The second kappa shape index (κ2) is 7.31. The minimum atomic E-state index is -0.704. The minimum Gasteiger partial charge on any atom is -0.485 e. The van der Waals surface area contributed by atoms with Gasteiger partial charge in [-0.2, -0.15) is 5.26 Å². The summed E-state index contributed by atoms with van der Waals surface area (Å²) in [4.78, 5) is 0. The molecule has 28 heavy (non-hydrogen) atoms. The smallest absolute Gasteiger partial charge is 0.133 e. The third-order valence-electron chi connectivity index (χ3n) is 5.49. The van der Waals surface area contributed by atoms with Crippen LogP contribution in [0.25, 0.3) is 6.08 Å². The van der Waals surface area contributed by atoms with Crippen LogP contribution in [-0.2, 0) is 6.42 Å². The van der Waals surface area contributed by atoms with Crippen LogP contribution in [0.5, 0.6) is 5.75 Å². The Morgan fingerprint density at radius 3 is 2.75 bits per heavy atom. The van der Waals surface area contributed by atoms with Crippen molar-refractivity contribution in [2.45, 2.75) is 44.1 Å². The molecule has 0 saturated heterocycles. The van der Waals surface area contributed by atoms with E-state index in [0.717, 1.165) is 35.5 Å². The Balaban J connectivity index is 1.65. The van der Waals surface area contributed by atoms with E-state index in [9.17, 15) is 10.4 Å². The lowest BCUT2D eigenvalue weighted by atomic mass is 9.83. The number of nitriles is 1. The van der Waals surface area contributed by atoms with Crippen LogP contribution in [0, 0.1) is 11.3 Å². The highest BCUT2D eigenvalue weighted by molar-refractivity contribution is 5.77. The normalized spacial score (nSPS) is 24.3. The summed E-state index contributed by atoms with van der Waals surface area (Å²) < 4.78 is 6.13. The molecule has 3 atom stereocenters. The monoisotopic (exact) mass is 375 g/mol. The van der Waals surface area contributed by atoms with Crippen LogP contribution in [0.2, 0.25) is 0 Å². The topological polar surface area (TPSA) is 77.3 Å². The first-order chi connectivity index (χ1) is 13.5. The Labute approximate surface area is 165 Å². The quantitative estimate of drug-likeness (QED) is 0.763. The maximum atomic E-state index is 11.1.